The summed E-state index contributed by atoms with van der Waals surface area (Å²) in [5.74, 6) is 1.57. The van der Waals surface area contributed by atoms with Crippen LogP contribution in [-0.4, -0.2) is 34.1 Å². The first-order valence-electron chi connectivity index (χ1n) is 12.2. The number of hydrogen-bond acceptors (Lipinski definition) is 5. The number of hydrogen-bond donors (Lipinski definition) is 0. The van der Waals surface area contributed by atoms with Crippen LogP contribution in [0.5, 0.6) is 5.75 Å². The third-order valence-corrected chi connectivity index (χ3v) is 6.47. The highest BCUT2D eigenvalue weighted by atomic mass is 16.5. The zero-order chi connectivity index (χ0) is 24.3. The molecule has 6 heteroatoms. The molecule has 1 unspecified atom stereocenters. The Morgan fingerprint density at radius 1 is 1.09 bits per heavy atom. The number of ether oxygens (including phenoxy) is 1. The Balaban J connectivity index is 1.39. The molecule has 180 valence electrons. The van der Waals surface area contributed by atoms with Crippen LogP contribution in [0.25, 0.3) is 11.4 Å². The maximum Gasteiger partial charge on any atom is 0.263 e. The van der Waals surface area contributed by atoms with E-state index in [1.807, 2.05) is 25.1 Å². The summed E-state index contributed by atoms with van der Waals surface area (Å²) < 4.78 is 11.5. The summed E-state index contributed by atoms with van der Waals surface area (Å²) in [4.78, 5) is 19.2. The van der Waals surface area contributed by atoms with Crippen molar-refractivity contribution in [2.75, 3.05) is 7.05 Å². The third-order valence-electron chi connectivity index (χ3n) is 6.47. The van der Waals surface area contributed by atoms with Crippen molar-refractivity contribution >= 4 is 5.91 Å². The molecule has 0 aliphatic heterocycles. The van der Waals surface area contributed by atoms with Gasteiger partial charge in [0, 0.05) is 12.6 Å². The minimum Gasteiger partial charge on any atom is -0.481 e. The molecule has 0 saturated heterocycles. The van der Waals surface area contributed by atoms with E-state index in [0.29, 0.717) is 18.1 Å². The lowest BCUT2D eigenvalue weighted by molar-refractivity contribution is -0.138. The minimum absolute atomic E-state index is 0.0843. The second-order valence-corrected chi connectivity index (χ2v) is 10.2. The molecule has 1 atom stereocenters. The van der Waals surface area contributed by atoms with Crippen molar-refractivity contribution in [3.63, 3.8) is 0 Å². The van der Waals surface area contributed by atoms with Crippen molar-refractivity contribution in [1.29, 1.82) is 0 Å². The molecule has 1 aliphatic rings. The van der Waals surface area contributed by atoms with Crippen LogP contribution in [0.4, 0.5) is 0 Å². The number of aromatic nitrogens is 2. The van der Waals surface area contributed by atoms with E-state index < -0.39 is 6.10 Å². The van der Waals surface area contributed by atoms with Crippen molar-refractivity contribution in [2.24, 2.45) is 0 Å². The lowest BCUT2D eigenvalue weighted by Crippen LogP contribution is -2.39. The minimum atomic E-state index is -0.557. The molecule has 0 bridgehead atoms. The summed E-state index contributed by atoms with van der Waals surface area (Å²) in [6.07, 6.45) is 4.68. The first-order valence-corrected chi connectivity index (χ1v) is 12.2. The van der Waals surface area contributed by atoms with Crippen LogP contribution in [0.15, 0.2) is 47.0 Å². The van der Waals surface area contributed by atoms with Crippen LogP contribution in [0, 0.1) is 0 Å². The Bertz CT molecular complexity index is 1130. The molecular formula is C28H35N3O3. The van der Waals surface area contributed by atoms with Gasteiger partial charge >= 0.3 is 0 Å². The van der Waals surface area contributed by atoms with Gasteiger partial charge in [-0.1, -0.05) is 63.2 Å². The molecule has 3 aromatic rings. The van der Waals surface area contributed by atoms with Crippen molar-refractivity contribution in [1.82, 2.24) is 15.0 Å². The van der Waals surface area contributed by atoms with E-state index in [9.17, 15) is 4.79 Å². The zero-order valence-corrected chi connectivity index (χ0v) is 20.9. The van der Waals surface area contributed by atoms with E-state index in [-0.39, 0.29) is 17.9 Å². The van der Waals surface area contributed by atoms with Crippen molar-refractivity contribution in [2.45, 2.75) is 77.9 Å². The average Bonchev–Trinajstić information content (AvgIpc) is 3.30. The van der Waals surface area contributed by atoms with Crippen molar-refractivity contribution in [3.05, 3.63) is 65.0 Å². The maximum atomic E-state index is 13.1. The third kappa shape index (κ3) is 5.49. The van der Waals surface area contributed by atoms with Crippen LogP contribution in [0.2, 0.25) is 0 Å². The number of fused-ring (bicyclic) bond motifs is 1. The Kier molecular flexibility index (Phi) is 7.05. The van der Waals surface area contributed by atoms with E-state index in [0.717, 1.165) is 24.2 Å². The van der Waals surface area contributed by atoms with E-state index in [2.05, 4.69) is 55.2 Å². The fourth-order valence-corrected chi connectivity index (χ4v) is 4.34. The van der Waals surface area contributed by atoms with Gasteiger partial charge in [0.1, 0.15) is 5.75 Å². The van der Waals surface area contributed by atoms with Gasteiger partial charge in [-0.2, -0.15) is 4.98 Å². The molecule has 2 aromatic carbocycles. The predicted octanol–water partition coefficient (Wildman–Crippen LogP) is 5.73. The van der Waals surface area contributed by atoms with Gasteiger partial charge in [0.05, 0.1) is 6.54 Å². The van der Waals surface area contributed by atoms with E-state index >= 15 is 0 Å². The number of nitrogens with zero attached hydrogens (tertiary/aromatic N) is 3. The van der Waals surface area contributed by atoms with E-state index in [4.69, 9.17) is 9.26 Å². The fourth-order valence-electron chi connectivity index (χ4n) is 4.34. The monoisotopic (exact) mass is 461 g/mol. The Labute approximate surface area is 202 Å². The Morgan fingerprint density at radius 3 is 2.47 bits per heavy atom. The predicted molar refractivity (Wildman–Crippen MR) is 133 cm³/mol. The van der Waals surface area contributed by atoms with Gasteiger partial charge in [-0.3, -0.25) is 4.79 Å². The average molecular weight is 462 g/mol. The highest BCUT2D eigenvalue weighted by Crippen LogP contribution is 2.27. The van der Waals surface area contributed by atoms with Gasteiger partial charge < -0.3 is 14.2 Å². The highest BCUT2D eigenvalue weighted by Gasteiger charge is 2.25. The molecule has 4 rings (SSSR count). The standard InChI is InChI=1S/C28H35N3O3/c1-6-24(33-23-16-13-19-9-7-8-10-21(19)17-23)27(32)31(5)18-25-29-26(30-34-25)20-11-14-22(15-12-20)28(2,3)4/h11-17,24H,6-10,18H2,1-5H3. The van der Waals surface area contributed by atoms with E-state index in [1.54, 1.807) is 11.9 Å². The topological polar surface area (TPSA) is 68.5 Å². The number of amides is 1. The summed E-state index contributed by atoms with van der Waals surface area (Å²) in [6, 6.07) is 14.4. The molecule has 1 aromatic heterocycles. The van der Waals surface area contributed by atoms with Crippen LogP contribution in [0.3, 0.4) is 0 Å². The molecule has 34 heavy (non-hydrogen) atoms. The normalized spacial score (nSPS) is 14.4. The van der Waals surface area contributed by atoms with Crippen LogP contribution in [0.1, 0.15) is 69.5 Å². The molecule has 0 spiro atoms. The van der Waals surface area contributed by atoms with Gasteiger partial charge in [0.15, 0.2) is 6.10 Å². The number of carbonyl (C=O) groups excluding carboxylic acids is 1. The molecule has 0 N–H and O–H groups in total. The highest BCUT2D eigenvalue weighted by molar-refractivity contribution is 5.81. The van der Waals surface area contributed by atoms with Gasteiger partial charge in [0.2, 0.25) is 11.7 Å². The van der Waals surface area contributed by atoms with Crippen LogP contribution >= 0.6 is 0 Å². The number of likely N-dealkylation sites (N-methyl/N-ethyl adjacent to an activating group) is 1. The summed E-state index contributed by atoms with van der Waals surface area (Å²) in [6.45, 7) is 8.73. The maximum absolute atomic E-state index is 13.1. The second kappa shape index (κ2) is 10.00. The summed E-state index contributed by atoms with van der Waals surface area (Å²) in [5.41, 5.74) is 4.96. The first-order chi connectivity index (χ1) is 16.2. The summed E-state index contributed by atoms with van der Waals surface area (Å²) in [7, 11) is 1.74. The number of benzene rings is 2. The summed E-state index contributed by atoms with van der Waals surface area (Å²) in [5, 5.41) is 4.11. The Morgan fingerprint density at radius 2 is 1.79 bits per heavy atom. The molecule has 0 radical (unpaired) electrons. The fraction of sp³-hybridized carbons (Fsp3) is 0.464. The van der Waals surface area contributed by atoms with Crippen LogP contribution < -0.4 is 4.74 Å². The van der Waals surface area contributed by atoms with Gasteiger partial charge in [-0.25, -0.2) is 0 Å². The van der Waals surface area contributed by atoms with Gasteiger partial charge in [0.25, 0.3) is 5.91 Å². The Hall–Kier alpha value is -3.15. The van der Waals surface area contributed by atoms with Gasteiger partial charge in [-0.15, -0.1) is 0 Å². The van der Waals surface area contributed by atoms with Crippen molar-refractivity contribution in [3.8, 4) is 17.1 Å². The number of aryl methyl sites for hydroxylation is 2. The molecule has 0 fully saturated rings. The molecular weight excluding hydrogens is 426 g/mol. The largest absolute Gasteiger partial charge is 0.481 e. The van der Waals surface area contributed by atoms with Crippen molar-refractivity contribution < 1.29 is 14.1 Å². The zero-order valence-electron chi connectivity index (χ0n) is 20.9. The van der Waals surface area contributed by atoms with Crippen LogP contribution in [-0.2, 0) is 29.6 Å². The lowest BCUT2D eigenvalue weighted by atomic mass is 9.87. The smallest absolute Gasteiger partial charge is 0.263 e. The number of carbonyl (C=O) groups is 1. The molecule has 6 nitrogen and oxygen atoms in total. The quantitative estimate of drug-likeness (QED) is 0.449. The number of rotatable bonds is 7. The first kappa shape index (κ1) is 24.0. The summed E-state index contributed by atoms with van der Waals surface area (Å²) >= 11 is 0. The van der Waals surface area contributed by atoms with E-state index in [1.165, 1.54) is 29.5 Å². The van der Waals surface area contributed by atoms with Gasteiger partial charge in [-0.05, 0) is 66.3 Å². The molecule has 0 saturated carbocycles. The second-order valence-electron chi connectivity index (χ2n) is 10.2. The SMILES string of the molecule is CCC(Oc1ccc2c(c1)CCCC2)C(=O)N(C)Cc1nc(-c2ccc(C(C)(C)C)cc2)no1. The molecule has 1 heterocycles. The lowest BCUT2D eigenvalue weighted by Gasteiger charge is -2.24. The molecule has 1 amide bonds. The molecule has 1 aliphatic carbocycles.